The number of aliphatic hydroxyl groups is 1. The predicted molar refractivity (Wildman–Crippen MR) is 67.8 cm³/mol. The molecule has 3 heteroatoms. The van der Waals surface area contributed by atoms with Crippen LogP contribution in [0.2, 0.25) is 0 Å². The van der Waals surface area contributed by atoms with Gasteiger partial charge in [-0.2, -0.15) is 5.26 Å². The van der Waals surface area contributed by atoms with E-state index in [1.54, 1.807) is 0 Å². The molecule has 0 spiro atoms. The average molecular weight is 230 g/mol. The van der Waals surface area contributed by atoms with Gasteiger partial charge in [0.15, 0.2) is 0 Å². The summed E-state index contributed by atoms with van der Waals surface area (Å²) < 4.78 is 0. The van der Waals surface area contributed by atoms with E-state index in [0.29, 0.717) is 5.56 Å². The number of nitrogens with one attached hydrogen (secondary N) is 1. The van der Waals surface area contributed by atoms with E-state index in [4.69, 9.17) is 5.26 Å². The second kappa shape index (κ2) is 5.20. The third-order valence-electron chi connectivity index (χ3n) is 3.44. The van der Waals surface area contributed by atoms with Gasteiger partial charge in [0.1, 0.15) is 0 Å². The highest BCUT2D eigenvalue weighted by atomic mass is 16.3. The smallest absolute Gasteiger partial charge is 0.0992 e. The summed E-state index contributed by atoms with van der Waals surface area (Å²) in [6.07, 6.45) is 3.86. The Bertz CT molecular complexity index is 436. The number of hydrogen-bond donors (Lipinski definition) is 2. The second-order valence-corrected chi connectivity index (χ2v) is 4.74. The van der Waals surface area contributed by atoms with Crippen LogP contribution in [-0.2, 0) is 0 Å². The third kappa shape index (κ3) is 2.78. The van der Waals surface area contributed by atoms with E-state index in [2.05, 4.69) is 11.4 Å². The molecule has 1 aromatic rings. The third-order valence-corrected chi connectivity index (χ3v) is 3.44. The first kappa shape index (κ1) is 11.9. The summed E-state index contributed by atoms with van der Waals surface area (Å²) in [5, 5.41) is 22.2. The van der Waals surface area contributed by atoms with Crippen molar-refractivity contribution in [2.24, 2.45) is 0 Å². The molecule has 2 atom stereocenters. The summed E-state index contributed by atoms with van der Waals surface area (Å²) >= 11 is 0. The molecule has 0 unspecified atom stereocenters. The van der Waals surface area contributed by atoms with Crippen molar-refractivity contribution in [1.29, 1.82) is 5.26 Å². The Labute approximate surface area is 102 Å². The van der Waals surface area contributed by atoms with Crippen molar-refractivity contribution in [1.82, 2.24) is 0 Å². The Balaban J connectivity index is 2.14. The summed E-state index contributed by atoms with van der Waals surface area (Å²) in [6, 6.07) is 7.88. The minimum atomic E-state index is -0.270. The molecule has 1 saturated carbocycles. The number of nitrogens with zero attached hydrogens (tertiary/aromatic N) is 1. The van der Waals surface area contributed by atoms with Crippen molar-refractivity contribution >= 4 is 5.69 Å². The van der Waals surface area contributed by atoms with Gasteiger partial charge in [0, 0.05) is 5.69 Å². The summed E-state index contributed by atoms with van der Waals surface area (Å²) in [4.78, 5) is 0. The number of benzene rings is 1. The maximum atomic E-state index is 9.92. The van der Waals surface area contributed by atoms with E-state index >= 15 is 0 Å². The van der Waals surface area contributed by atoms with Crippen LogP contribution in [-0.4, -0.2) is 17.3 Å². The van der Waals surface area contributed by atoms with Crippen LogP contribution in [0.25, 0.3) is 0 Å². The lowest BCUT2D eigenvalue weighted by molar-refractivity contribution is 0.116. The van der Waals surface area contributed by atoms with Gasteiger partial charge in [-0.3, -0.25) is 0 Å². The van der Waals surface area contributed by atoms with Crippen LogP contribution in [0.1, 0.15) is 36.8 Å². The Morgan fingerprint density at radius 2 is 2.12 bits per heavy atom. The van der Waals surface area contributed by atoms with Crippen LogP contribution in [0.15, 0.2) is 18.2 Å². The quantitative estimate of drug-likeness (QED) is 0.821. The van der Waals surface area contributed by atoms with Crippen molar-refractivity contribution in [3.63, 3.8) is 0 Å². The van der Waals surface area contributed by atoms with E-state index in [9.17, 15) is 5.11 Å². The van der Waals surface area contributed by atoms with Crippen LogP contribution in [0, 0.1) is 18.3 Å². The number of rotatable bonds is 2. The molecule has 1 aliphatic carbocycles. The van der Waals surface area contributed by atoms with Gasteiger partial charge in [0.05, 0.1) is 23.8 Å². The second-order valence-electron chi connectivity index (χ2n) is 4.74. The van der Waals surface area contributed by atoms with Gasteiger partial charge in [-0.1, -0.05) is 18.9 Å². The number of aliphatic hydroxyl groups excluding tert-OH is 1. The first-order valence-corrected chi connectivity index (χ1v) is 6.16. The maximum absolute atomic E-state index is 9.92. The van der Waals surface area contributed by atoms with Crippen molar-refractivity contribution in [2.45, 2.75) is 44.8 Å². The molecular formula is C14H18N2O. The Morgan fingerprint density at radius 1 is 1.35 bits per heavy atom. The molecule has 0 heterocycles. The van der Waals surface area contributed by atoms with Gasteiger partial charge < -0.3 is 10.4 Å². The Hall–Kier alpha value is -1.53. The van der Waals surface area contributed by atoms with Gasteiger partial charge in [-0.25, -0.2) is 0 Å². The highest BCUT2D eigenvalue weighted by Gasteiger charge is 2.23. The summed E-state index contributed by atoms with van der Waals surface area (Å²) in [6.45, 7) is 2.01. The fraction of sp³-hybridized carbons (Fsp3) is 0.500. The zero-order valence-electron chi connectivity index (χ0n) is 10.1. The van der Waals surface area contributed by atoms with Crippen molar-refractivity contribution in [3.8, 4) is 6.07 Å². The fourth-order valence-electron chi connectivity index (χ4n) is 2.33. The lowest BCUT2D eigenvalue weighted by Crippen LogP contribution is -2.36. The molecule has 1 aromatic carbocycles. The van der Waals surface area contributed by atoms with Gasteiger partial charge >= 0.3 is 0 Å². The van der Waals surface area contributed by atoms with Crippen molar-refractivity contribution in [3.05, 3.63) is 29.3 Å². The topological polar surface area (TPSA) is 56.0 Å². The van der Waals surface area contributed by atoms with Gasteiger partial charge in [0.25, 0.3) is 0 Å². The van der Waals surface area contributed by atoms with Crippen LogP contribution < -0.4 is 5.32 Å². The average Bonchev–Trinajstić information content (AvgIpc) is 2.35. The number of aryl methyl sites for hydroxylation is 1. The molecule has 0 amide bonds. The monoisotopic (exact) mass is 230 g/mol. The molecule has 2 rings (SSSR count). The first-order valence-electron chi connectivity index (χ1n) is 6.16. The van der Waals surface area contributed by atoms with E-state index in [-0.39, 0.29) is 12.1 Å². The predicted octanol–water partition coefficient (Wildman–Crippen LogP) is 2.58. The van der Waals surface area contributed by atoms with Crippen LogP contribution in [0.3, 0.4) is 0 Å². The standard InChI is InChI=1S/C14H18N2O/c1-10-6-7-11(9-15)8-13(10)16-12-4-2-3-5-14(12)17/h6-8,12,14,16-17H,2-5H2,1H3/t12-,14-/m0/s1. The molecule has 0 aliphatic heterocycles. The Morgan fingerprint density at radius 3 is 2.82 bits per heavy atom. The minimum absolute atomic E-state index is 0.122. The van der Waals surface area contributed by atoms with Crippen molar-refractivity contribution in [2.75, 3.05) is 5.32 Å². The maximum Gasteiger partial charge on any atom is 0.0992 e. The zero-order valence-corrected chi connectivity index (χ0v) is 10.1. The lowest BCUT2D eigenvalue weighted by Gasteiger charge is -2.29. The van der Waals surface area contributed by atoms with Crippen molar-refractivity contribution < 1.29 is 5.11 Å². The lowest BCUT2D eigenvalue weighted by atomic mass is 9.92. The molecule has 2 N–H and O–H groups in total. The highest BCUT2D eigenvalue weighted by molar-refractivity contribution is 5.55. The SMILES string of the molecule is Cc1ccc(C#N)cc1N[C@H]1CCCC[C@@H]1O. The summed E-state index contributed by atoms with van der Waals surface area (Å²) in [5.74, 6) is 0. The number of nitriles is 1. The summed E-state index contributed by atoms with van der Waals surface area (Å²) in [5.41, 5.74) is 2.74. The van der Waals surface area contributed by atoms with Crippen LogP contribution >= 0.6 is 0 Å². The molecule has 1 fully saturated rings. The molecule has 17 heavy (non-hydrogen) atoms. The molecule has 0 radical (unpaired) electrons. The summed E-state index contributed by atoms with van der Waals surface area (Å²) in [7, 11) is 0. The Kier molecular flexibility index (Phi) is 3.65. The first-order chi connectivity index (χ1) is 8.20. The highest BCUT2D eigenvalue weighted by Crippen LogP contribution is 2.24. The van der Waals surface area contributed by atoms with E-state index in [0.717, 1.165) is 36.9 Å². The zero-order chi connectivity index (χ0) is 12.3. The van der Waals surface area contributed by atoms with E-state index in [1.165, 1.54) is 0 Å². The molecule has 0 aromatic heterocycles. The van der Waals surface area contributed by atoms with Crippen LogP contribution in [0.4, 0.5) is 5.69 Å². The normalized spacial score (nSPS) is 24.1. The van der Waals surface area contributed by atoms with Gasteiger partial charge in [-0.15, -0.1) is 0 Å². The molecule has 3 nitrogen and oxygen atoms in total. The molecule has 90 valence electrons. The fourth-order valence-corrected chi connectivity index (χ4v) is 2.33. The largest absolute Gasteiger partial charge is 0.391 e. The molecule has 1 aliphatic rings. The van der Waals surface area contributed by atoms with Gasteiger partial charge in [0.2, 0.25) is 0 Å². The minimum Gasteiger partial charge on any atom is -0.391 e. The molecule has 0 bridgehead atoms. The van der Waals surface area contributed by atoms with Crippen LogP contribution in [0.5, 0.6) is 0 Å². The van der Waals surface area contributed by atoms with Gasteiger partial charge in [-0.05, 0) is 37.5 Å². The molecular weight excluding hydrogens is 212 g/mol. The molecule has 0 saturated heterocycles. The van der Waals surface area contributed by atoms with E-state index < -0.39 is 0 Å². The van der Waals surface area contributed by atoms with E-state index in [1.807, 2.05) is 25.1 Å². The number of hydrogen-bond acceptors (Lipinski definition) is 3. The number of anilines is 1.